The molecule has 1 saturated heterocycles. The Morgan fingerprint density at radius 1 is 0.853 bits per heavy atom. The third kappa shape index (κ3) is 5.34. The maximum atomic E-state index is 13.6. The van der Waals surface area contributed by atoms with Crippen molar-refractivity contribution < 1.29 is 19.0 Å². The molecule has 0 saturated carbocycles. The second kappa shape index (κ2) is 11.1. The van der Waals surface area contributed by atoms with E-state index in [-0.39, 0.29) is 11.9 Å². The van der Waals surface area contributed by atoms with Crippen LogP contribution in [0, 0.1) is 0 Å². The Balaban J connectivity index is 1.52. The molecule has 1 amide bonds. The Morgan fingerprint density at radius 2 is 1.56 bits per heavy atom. The maximum Gasteiger partial charge on any atom is 0.258 e. The summed E-state index contributed by atoms with van der Waals surface area (Å²) in [6.45, 7) is 2.54. The van der Waals surface area contributed by atoms with Gasteiger partial charge < -0.3 is 19.1 Å². The van der Waals surface area contributed by atoms with Crippen molar-refractivity contribution >= 4 is 11.6 Å². The predicted molar refractivity (Wildman–Crippen MR) is 134 cm³/mol. The molecular weight excluding hydrogens is 428 g/mol. The Morgan fingerprint density at radius 3 is 2.24 bits per heavy atom. The van der Waals surface area contributed by atoms with E-state index in [2.05, 4.69) is 4.90 Å². The van der Waals surface area contributed by atoms with Gasteiger partial charge in [0.2, 0.25) is 0 Å². The van der Waals surface area contributed by atoms with E-state index >= 15 is 0 Å². The molecular formula is C28H32N2O4. The van der Waals surface area contributed by atoms with Gasteiger partial charge >= 0.3 is 0 Å². The molecule has 34 heavy (non-hydrogen) atoms. The van der Waals surface area contributed by atoms with Gasteiger partial charge in [-0.3, -0.25) is 9.69 Å². The summed E-state index contributed by atoms with van der Waals surface area (Å²) in [4.78, 5) is 18.0. The second-order valence-corrected chi connectivity index (χ2v) is 8.43. The molecule has 0 spiro atoms. The van der Waals surface area contributed by atoms with Crippen molar-refractivity contribution in [3.8, 4) is 17.2 Å². The van der Waals surface area contributed by atoms with Gasteiger partial charge in [-0.1, -0.05) is 24.3 Å². The topological polar surface area (TPSA) is 51.2 Å². The number of likely N-dealkylation sites (tertiary alicyclic amines) is 1. The van der Waals surface area contributed by atoms with Gasteiger partial charge in [0.05, 0.1) is 21.3 Å². The fourth-order valence-corrected chi connectivity index (χ4v) is 4.56. The minimum Gasteiger partial charge on any atom is -0.497 e. The molecule has 1 aliphatic rings. The van der Waals surface area contributed by atoms with Crippen LogP contribution in [0.2, 0.25) is 0 Å². The van der Waals surface area contributed by atoms with Crippen molar-refractivity contribution in [2.75, 3.05) is 39.3 Å². The summed E-state index contributed by atoms with van der Waals surface area (Å²) in [5.41, 5.74) is 2.65. The van der Waals surface area contributed by atoms with Crippen LogP contribution in [0.5, 0.6) is 17.2 Å². The summed E-state index contributed by atoms with van der Waals surface area (Å²) in [7, 11) is 5.01. The number of anilines is 1. The first-order valence-corrected chi connectivity index (χ1v) is 11.6. The average Bonchev–Trinajstić information content (AvgIpc) is 2.90. The highest BCUT2D eigenvalue weighted by molar-refractivity contribution is 6.06. The van der Waals surface area contributed by atoms with Crippen molar-refractivity contribution in [2.45, 2.75) is 25.4 Å². The number of rotatable bonds is 8. The van der Waals surface area contributed by atoms with Gasteiger partial charge in [0.15, 0.2) is 0 Å². The van der Waals surface area contributed by atoms with Crippen molar-refractivity contribution in [3.05, 3.63) is 83.9 Å². The molecule has 3 aromatic rings. The van der Waals surface area contributed by atoms with Crippen LogP contribution in [0.1, 0.15) is 28.8 Å². The zero-order chi connectivity index (χ0) is 23.9. The summed E-state index contributed by atoms with van der Waals surface area (Å²) in [5.74, 6) is 2.44. The normalized spacial score (nSPS) is 14.4. The van der Waals surface area contributed by atoms with E-state index in [9.17, 15) is 4.79 Å². The highest BCUT2D eigenvalue weighted by Crippen LogP contribution is 2.31. The van der Waals surface area contributed by atoms with Crippen LogP contribution in [-0.2, 0) is 6.54 Å². The second-order valence-electron chi connectivity index (χ2n) is 8.43. The first-order chi connectivity index (χ1) is 16.6. The van der Waals surface area contributed by atoms with E-state index < -0.39 is 0 Å². The van der Waals surface area contributed by atoms with Crippen LogP contribution in [-0.4, -0.2) is 51.3 Å². The van der Waals surface area contributed by atoms with Crippen LogP contribution >= 0.6 is 0 Å². The number of hydrogen-bond donors (Lipinski definition) is 0. The minimum atomic E-state index is 0.0155. The molecule has 0 aromatic heterocycles. The molecule has 0 atom stereocenters. The molecule has 178 valence electrons. The van der Waals surface area contributed by atoms with E-state index in [0.29, 0.717) is 5.56 Å². The van der Waals surface area contributed by atoms with Gasteiger partial charge in [-0.15, -0.1) is 0 Å². The van der Waals surface area contributed by atoms with Gasteiger partial charge in [-0.05, 0) is 55.3 Å². The smallest absolute Gasteiger partial charge is 0.258 e. The van der Waals surface area contributed by atoms with Crippen molar-refractivity contribution in [1.29, 1.82) is 0 Å². The molecule has 3 aromatic carbocycles. The molecule has 0 aliphatic carbocycles. The predicted octanol–water partition coefficient (Wildman–Crippen LogP) is 5.02. The highest BCUT2D eigenvalue weighted by atomic mass is 16.5. The van der Waals surface area contributed by atoms with Gasteiger partial charge in [0, 0.05) is 48.6 Å². The maximum absolute atomic E-state index is 13.6. The fourth-order valence-electron chi connectivity index (χ4n) is 4.56. The largest absolute Gasteiger partial charge is 0.497 e. The highest BCUT2D eigenvalue weighted by Gasteiger charge is 2.30. The number of hydrogen-bond acceptors (Lipinski definition) is 5. The van der Waals surface area contributed by atoms with E-state index in [1.54, 1.807) is 21.3 Å². The number of piperidine rings is 1. The Hall–Kier alpha value is -3.51. The van der Waals surface area contributed by atoms with Crippen LogP contribution in [0.3, 0.4) is 0 Å². The fraction of sp³-hybridized carbons (Fsp3) is 0.321. The summed E-state index contributed by atoms with van der Waals surface area (Å²) < 4.78 is 16.4. The molecule has 0 unspecified atom stereocenters. The monoisotopic (exact) mass is 460 g/mol. The zero-order valence-corrected chi connectivity index (χ0v) is 20.1. The standard InChI is InChI=1S/C28H32N2O4/c1-32-25-11-7-10-24(19-25)30(28(31)21-8-5-4-6-9-21)23-14-16-29(17-15-23)20-22-18-26(33-2)12-13-27(22)34-3/h4-13,18-19,23H,14-17,20H2,1-3H3. The Kier molecular flexibility index (Phi) is 7.70. The molecule has 6 heteroatoms. The van der Waals surface area contributed by atoms with E-state index in [4.69, 9.17) is 14.2 Å². The number of amides is 1. The number of carbonyl (C=O) groups is 1. The lowest BCUT2D eigenvalue weighted by Gasteiger charge is -2.39. The number of ether oxygens (including phenoxy) is 3. The number of carbonyl (C=O) groups excluding carboxylic acids is 1. The van der Waals surface area contributed by atoms with Crippen molar-refractivity contribution in [3.63, 3.8) is 0 Å². The molecule has 1 fully saturated rings. The molecule has 1 heterocycles. The van der Waals surface area contributed by atoms with Gasteiger partial charge in [-0.2, -0.15) is 0 Å². The lowest BCUT2D eigenvalue weighted by molar-refractivity contribution is 0.0958. The molecule has 0 N–H and O–H groups in total. The zero-order valence-electron chi connectivity index (χ0n) is 20.1. The number of benzene rings is 3. The SMILES string of the molecule is COc1cccc(N(C(=O)c2ccccc2)C2CCN(Cc3cc(OC)ccc3OC)CC2)c1. The molecule has 6 nitrogen and oxygen atoms in total. The van der Waals surface area contributed by atoms with E-state index in [0.717, 1.165) is 61.0 Å². The lowest BCUT2D eigenvalue weighted by atomic mass is 10.00. The number of nitrogens with zero attached hydrogens (tertiary/aromatic N) is 2. The van der Waals surface area contributed by atoms with Gasteiger partial charge in [0.25, 0.3) is 5.91 Å². The molecule has 0 bridgehead atoms. The Labute approximate surface area is 201 Å². The molecule has 1 aliphatic heterocycles. The van der Waals surface area contributed by atoms with Crippen LogP contribution in [0.15, 0.2) is 72.8 Å². The van der Waals surface area contributed by atoms with Crippen LogP contribution < -0.4 is 19.1 Å². The van der Waals surface area contributed by atoms with Crippen LogP contribution in [0.4, 0.5) is 5.69 Å². The van der Waals surface area contributed by atoms with Crippen molar-refractivity contribution in [1.82, 2.24) is 4.90 Å². The lowest BCUT2D eigenvalue weighted by Crippen LogP contribution is -2.47. The minimum absolute atomic E-state index is 0.0155. The summed E-state index contributed by atoms with van der Waals surface area (Å²) >= 11 is 0. The van der Waals surface area contributed by atoms with E-state index in [1.807, 2.05) is 77.7 Å². The summed E-state index contributed by atoms with van der Waals surface area (Å²) in [6, 6.07) is 23.2. The first kappa shape index (κ1) is 23.6. The van der Waals surface area contributed by atoms with E-state index in [1.165, 1.54) is 0 Å². The average molecular weight is 461 g/mol. The van der Waals surface area contributed by atoms with Gasteiger partial charge in [-0.25, -0.2) is 0 Å². The summed E-state index contributed by atoms with van der Waals surface area (Å²) in [6.07, 6.45) is 1.75. The third-order valence-electron chi connectivity index (χ3n) is 6.37. The van der Waals surface area contributed by atoms with Crippen LogP contribution in [0.25, 0.3) is 0 Å². The third-order valence-corrected chi connectivity index (χ3v) is 6.37. The van der Waals surface area contributed by atoms with Gasteiger partial charge in [0.1, 0.15) is 17.2 Å². The van der Waals surface area contributed by atoms with Crippen molar-refractivity contribution in [2.24, 2.45) is 0 Å². The summed E-state index contributed by atoms with van der Waals surface area (Å²) in [5, 5.41) is 0. The Bertz CT molecular complexity index is 1090. The quantitative estimate of drug-likeness (QED) is 0.472. The number of methoxy groups -OCH3 is 3. The molecule has 0 radical (unpaired) electrons. The molecule has 4 rings (SSSR count). The first-order valence-electron chi connectivity index (χ1n) is 11.6.